The van der Waals surface area contributed by atoms with Crippen molar-refractivity contribution >= 4 is 41.0 Å². The van der Waals surface area contributed by atoms with E-state index in [0.717, 1.165) is 10.5 Å². The van der Waals surface area contributed by atoms with Crippen LogP contribution in [0.2, 0.25) is 5.02 Å². The van der Waals surface area contributed by atoms with E-state index in [9.17, 15) is 19.2 Å². The van der Waals surface area contributed by atoms with Gasteiger partial charge in [-0.1, -0.05) is 24.2 Å². The molecule has 1 unspecified atom stereocenters. The van der Waals surface area contributed by atoms with Crippen LogP contribution >= 0.6 is 11.6 Å². The van der Waals surface area contributed by atoms with E-state index >= 15 is 0 Å². The third-order valence-electron chi connectivity index (χ3n) is 4.97. The van der Waals surface area contributed by atoms with Crippen LogP contribution in [0.5, 0.6) is 0 Å². The van der Waals surface area contributed by atoms with Gasteiger partial charge in [-0.3, -0.25) is 19.3 Å². The Labute approximate surface area is 184 Å². The van der Waals surface area contributed by atoms with Crippen LogP contribution in [0, 0.1) is 6.92 Å². The minimum absolute atomic E-state index is 0.140. The van der Waals surface area contributed by atoms with Crippen molar-refractivity contribution in [2.24, 2.45) is 0 Å². The van der Waals surface area contributed by atoms with Gasteiger partial charge in [-0.2, -0.15) is 0 Å². The van der Waals surface area contributed by atoms with Crippen molar-refractivity contribution in [3.63, 3.8) is 0 Å². The lowest BCUT2D eigenvalue weighted by Crippen LogP contribution is -2.52. The minimum atomic E-state index is -0.832. The van der Waals surface area contributed by atoms with Crippen molar-refractivity contribution in [2.75, 3.05) is 18.4 Å². The Hall–Kier alpha value is -3.33. The molecule has 2 aliphatic heterocycles. The fourth-order valence-electron chi connectivity index (χ4n) is 3.27. The lowest BCUT2D eigenvalue weighted by Gasteiger charge is -2.29. The number of carbonyl (C=O) groups excluding carboxylic acids is 4. The van der Waals surface area contributed by atoms with Crippen LogP contribution < -0.4 is 21.3 Å². The first-order chi connectivity index (χ1) is 14.8. The highest BCUT2D eigenvalue weighted by atomic mass is 35.5. The Morgan fingerprint density at radius 1 is 1.29 bits per heavy atom. The molecule has 0 spiro atoms. The molecule has 0 radical (unpaired) electrons. The van der Waals surface area contributed by atoms with Gasteiger partial charge in [0.05, 0.1) is 0 Å². The fraction of sp³-hybridized carbons (Fsp3) is 0.333. The fourth-order valence-corrected chi connectivity index (χ4v) is 3.45. The van der Waals surface area contributed by atoms with E-state index in [-0.39, 0.29) is 11.7 Å². The van der Waals surface area contributed by atoms with E-state index in [1.54, 1.807) is 12.1 Å². The molecule has 0 aromatic heterocycles. The molecular weight excluding hydrogens is 422 g/mol. The third-order valence-corrected chi connectivity index (χ3v) is 5.38. The zero-order valence-electron chi connectivity index (χ0n) is 17.1. The highest BCUT2D eigenvalue weighted by Crippen LogP contribution is 2.22. The maximum absolute atomic E-state index is 12.6. The average molecular weight is 446 g/mol. The molecule has 2 heterocycles. The van der Waals surface area contributed by atoms with E-state index in [2.05, 4.69) is 27.8 Å². The van der Waals surface area contributed by atoms with Gasteiger partial charge in [0.2, 0.25) is 5.91 Å². The van der Waals surface area contributed by atoms with Gasteiger partial charge < -0.3 is 21.3 Å². The Morgan fingerprint density at radius 3 is 2.77 bits per heavy atom. The van der Waals surface area contributed by atoms with E-state index in [0.29, 0.717) is 48.8 Å². The number of urea groups is 1. The number of nitrogens with zero attached hydrogens (tertiary/aromatic N) is 1. The summed E-state index contributed by atoms with van der Waals surface area (Å²) in [5, 5.41) is 11.4. The standard InChI is InChI=1S/C21H24ClN5O4/c1-12-4-6-14(10-15(12)22)26-21(31)24-9-3-8-23-16-11-18(28)27(20(16)30)17-7-5-13(2)25-19(17)29/h4,6,10-11,17,23H,2-3,5,7-9H2,1H3,(H,25,29)(H2,24,26,31). The monoisotopic (exact) mass is 445 g/mol. The number of carbonyl (C=O) groups is 4. The van der Waals surface area contributed by atoms with Gasteiger partial charge in [0, 0.05) is 35.6 Å². The molecule has 5 amide bonds. The van der Waals surface area contributed by atoms with Crippen LogP contribution in [-0.4, -0.2) is 47.8 Å². The van der Waals surface area contributed by atoms with E-state index in [1.807, 2.05) is 13.0 Å². The van der Waals surface area contributed by atoms with Gasteiger partial charge in [0.1, 0.15) is 11.7 Å². The number of allylic oxidation sites excluding steroid dienone is 1. The first-order valence-electron chi connectivity index (χ1n) is 9.89. The zero-order valence-corrected chi connectivity index (χ0v) is 17.8. The summed E-state index contributed by atoms with van der Waals surface area (Å²) in [5.74, 6) is -1.45. The predicted octanol–water partition coefficient (Wildman–Crippen LogP) is 1.79. The number of amides is 5. The van der Waals surface area contributed by atoms with Crippen molar-refractivity contribution in [2.45, 2.75) is 32.2 Å². The summed E-state index contributed by atoms with van der Waals surface area (Å²) in [6.07, 6.45) is 2.58. The van der Waals surface area contributed by atoms with Crippen molar-refractivity contribution in [1.82, 2.24) is 20.9 Å². The predicted molar refractivity (Wildman–Crippen MR) is 116 cm³/mol. The van der Waals surface area contributed by atoms with Gasteiger partial charge in [-0.25, -0.2) is 4.79 Å². The van der Waals surface area contributed by atoms with Crippen LogP contribution in [0.15, 0.2) is 42.2 Å². The van der Waals surface area contributed by atoms with E-state index < -0.39 is 23.8 Å². The number of nitrogens with one attached hydrogen (secondary N) is 4. The molecule has 1 aromatic rings. The third kappa shape index (κ3) is 5.43. The molecule has 2 aliphatic rings. The molecular formula is C21H24ClN5O4. The summed E-state index contributed by atoms with van der Waals surface area (Å²) in [5.41, 5.74) is 2.22. The maximum atomic E-state index is 12.6. The minimum Gasteiger partial charge on any atom is -0.380 e. The second kappa shape index (κ2) is 9.65. The molecule has 164 valence electrons. The molecule has 10 heteroatoms. The second-order valence-corrected chi connectivity index (χ2v) is 7.75. The summed E-state index contributed by atoms with van der Waals surface area (Å²) in [7, 11) is 0. The smallest absolute Gasteiger partial charge is 0.319 e. The molecule has 1 saturated heterocycles. The molecule has 31 heavy (non-hydrogen) atoms. The topological polar surface area (TPSA) is 120 Å². The highest BCUT2D eigenvalue weighted by Gasteiger charge is 2.41. The quantitative estimate of drug-likeness (QED) is 0.377. The van der Waals surface area contributed by atoms with Gasteiger partial charge in [0.15, 0.2) is 0 Å². The van der Waals surface area contributed by atoms with Crippen LogP contribution in [-0.2, 0) is 14.4 Å². The number of hydrogen-bond donors (Lipinski definition) is 4. The molecule has 0 bridgehead atoms. The summed E-state index contributed by atoms with van der Waals surface area (Å²) >= 11 is 6.04. The number of imide groups is 1. The molecule has 3 rings (SSSR count). The first-order valence-corrected chi connectivity index (χ1v) is 10.3. The van der Waals surface area contributed by atoms with Gasteiger partial charge in [0.25, 0.3) is 11.8 Å². The molecule has 4 N–H and O–H groups in total. The molecule has 0 aliphatic carbocycles. The van der Waals surface area contributed by atoms with Gasteiger partial charge >= 0.3 is 6.03 Å². The number of anilines is 1. The number of aryl methyl sites for hydroxylation is 1. The largest absolute Gasteiger partial charge is 0.380 e. The zero-order chi connectivity index (χ0) is 22.5. The normalized spacial score (nSPS) is 18.6. The lowest BCUT2D eigenvalue weighted by molar-refractivity contribution is -0.146. The number of hydrogen-bond acceptors (Lipinski definition) is 5. The van der Waals surface area contributed by atoms with Crippen molar-refractivity contribution in [1.29, 1.82) is 0 Å². The van der Waals surface area contributed by atoms with Crippen molar-refractivity contribution in [3.05, 3.63) is 52.8 Å². The highest BCUT2D eigenvalue weighted by molar-refractivity contribution is 6.31. The number of benzene rings is 1. The maximum Gasteiger partial charge on any atom is 0.319 e. The number of piperidine rings is 1. The Morgan fingerprint density at radius 2 is 2.06 bits per heavy atom. The summed E-state index contributed by atoms with van der Waals surface area (Å²) < 4.78 is 0. The van der Waals surface area contributed by atoms with E-state index in [4.69, 9.17) is 11.6 Å². The van der Waals surface area contributed by atoms with Gasteiger partial charge in [-0.05, 0) is 43.9 Å². The van der Waals surface area contributed by atoms with E-state index in [1.165, 1.54) is 6.08 Å². The van der Waals surface area contributed by atoms with Gasteiger partial charge in [-0.15, -0.1) is 0 Å². The average Bonchev–Trinajstić information content (AvgIpc) is 2.98. The van der Waals surface area contributed by atoms with Crippen LogP contribution in [0.4, 0.5) is 10.5 Å². The van der Waals surface area contributed by atoms with Crippen LogP contribution in [0.1, 0.15) is 24.8 Å². The van der Waals surface area contributed by atoms with Crippen molar-refractivity contribution in [3.8, 4) is 0 Å². The Bertz CT molecular complexity index is 975. The molecule has 1 atom stereocenters. The van der Waals surface area contributed by atoms with Crippen LogP contribution in [0.25, 0.3) is 0 Å². The molecule has 1 fully saturated rings. The number of rotatable bonds is 7. The van der Waals surface area contributed by atoms with Crippen molar-refractivity contribution < 1.29 is 19.2 Å². The molecule has 1 aromatic carbocycles. The molecule has 9 nitrogen and oxygen atoms in total. The Kier molecular flexibility index (Phi) is 6.96. The SMILES string of the molecule is C=C1CCC(N2C(=O)C=C(NCCCNC(=O)Nc3ccc(C)c(Cl)c3)C2=O)C(=O)N1. The Balaban J connectivity index is 1.40. The summed E-state index contributed by atoms with van der Waals surface area (Å²) in [6, 6.07) is 4.03. The molecule has 0 saturated carbocycles. The summed E-state index contributed by atoms with van der Waals surface area (Å²) in [4.78, 5) is 49.8. The summed E-state index contributed by atoms with van der Waals surface area (Å²) in [6.45, 7) is 6.28. The lowest BCUT2D eigenvalue weighted by atomic mass is 10.0. The van der Waals surface area contributed by atoms with Crippen LogP contribution in [0.3, 0.4) is 0 Å². The second-order valence-electron chi connectivity index (χ2n) is 7.34. The number of halogens is 1. The first kappa shape index (κ1) is 22.4.